The molecular weight excluding hydrogens is 621 g/mol. The van der Waals surface area contributed by atoms with Gasteiger partial charge in [0.25, 0.3) is 10.0 Å². The smallest absolute Gasteiger partial charge is 0.264 e. The summed E-state index contributed by atoms with van der Waals surface area (Å²) in [6, 6.07) is 26.5. The molecular formula is C36H38FN3O6S. The first-order chi connectivity index (χ1) is 22.4. The molecule has 5 rings (SSSR count). The summed E-state index contributed by atoms with van der Waals surface area (Å²) >= 11 is 0. The molecule has 0 radical (unpaired) electrons. The number of hydrogen-bond donors (Lipinski definition) is 1. The zero-order valence-electron chi connectivity index (χ0n) is 26.6. The number of nitrogens with one attached hydrogen (secondary N) is 1. The van der Waals surface area contributed by atoms with Crippen LogP contribution in [0.25, 0.3) is 0 Å². The van der Waals surface area contributed by atoms with Crippen molar-refractivity contribution in [3.05, 3.63) is 120 Å². The minimum absolute atomic E-state index is 0.0327. The van der Waals surface area contributed by atoms with E-state index in [1.54, 1.807) is 30.3 Å². The van der Waals surface area contributed by atoms with Gasteiger partial charge in [0, 0.05) is 30.1 Å². The molecule has 0 saturated heterocycles. The lowest BCUT2D eigenvalue weighted by atomic mass is 10.0. The van der Waals surface area contributed by atoms with Crippen LogP contribution in [-0.2, 0) is 32.6 Å². The fourth-order valence-corrected chi connectivity index (χ4v) is 6.68. The third kappa shape index (κ3) is 8.28. The summed E-state index contributed by atoms with van der Waals surface area (Å²) in [6.45, 7) is 5.14. The Labute approximate surface area is 275 Å². The van der Waals surface area contributed by atoms with Gasteiger partial charge >= 0.3 is 0 Å². The summed E-state index contributed by atoms with van der Waals surface area (Å²) in [6.07, 6.45) is 0.110. The highest BCUT2D eigenvalue weighted by Gasteiger charge is 2.36. The Morgan fingerprint density at radius 1 is 0.851 bits per heavy atom. The lowest BCUT2D eigenvalue weighted by Crippen LogP contribution is -2.56. The predicted octanol–water partition coefficient (Wildman–Crippen LogP) is 5.35. The monoisotopic (exact) mass is 659 g/mol. The zero-order chi connectivity index (χ0) is 33.6. The second kappa shape index (κ2) is 14.3. The van der Waals surface area contributed by atoms with Crippen molar-refractivity contribution in [1.29, 1.82) is 0 Å². The average Bonchev–Trinajstić information content (AvgIpc) is 3.05. The van der Waals surface area contributed by atoms with Crippen LogP contribution >= 0.6 is 0 Å². The van der Waals surface area contributed by atoms with Gasteiger partial charge in [0.2, 0.25) is 11.8 Å². The molecule has 0 bridgehead atoms. The number of sulfonamides is 1. The highest BCUT2D eigenvalue weighted by Crippen LogP contribution is 2.36. The molecule has 246 valence electrons. The molecule has 1 atom stereocenters. The summed E-state index contributed by atoms with van der Waals surface area (Å²) in [7, 11) is -4.31. The molecule has 1 N–H and O–H groups in total. The molecule has 0 unspecified atom stereocenters. The Morgan fingerprint density at radius 2 is 1.47 bits per heavy atom. The van der Waals surface area contributed by atoms with Crippen LogP contribution in [0.2, 0.25) is 0 Å². The zero-order valence-corrected chi connectivity index (χ0v) is 27.4. The van der Waals surface area contributed by atoms with E-state index in [-0.39, 0.29) is 35.7 Å². The Hall–Kier alpha value is -4.90. The SMILES string of the molecule is CC(C)(C)NC(=O)[C@H](Cc1ccccc1)N(Cc1ccccc1F)C(=O)CN(c1ccc2c(c1)OCCO2)S(=O)(=O)c1ccccc1. The average molecular weight is 660 g/mol. The highest BCUT2D eigenvalue weighted by molar-refractivity contribution is 7.92. The molecule has 0 aromatic heterocycles. The predicted molar refractivity (Wildman–Crippen MR) is 177 cm³/mol. The lowest BCUT2D eigenvalue weighted by molar-refractivity contribution is -0.140. The highest BCUT2D eigenvalue weighted by atomic mass is 32.2. The molecule has 1 aliphatic rings. The molecule has 0 saturated carbocycles. The number of ether oxygens (including phenoxy) is 2. The van der Waals surface area contributed by atoms with Crippen molar-refractivity contribution in [2.45, 2.75) is 50.2 Å². The maximum atomic E-state index is 15.1. The molecule has 9 nitrogen and oxygen atoms in total. The summed E-state index contributed by atoms with van der Waals surface area (Å²) in [5, 5.41) is 2.96. The van der Waals surface area contributed by atoms with Crippen LogP contribution in [-0.4, -0.2) is 56.5 Å². The number of fused-ring (bicyclic) bond motifs is 1. The van der Waals surface area contributed by atoms with E-state index in [1.165, 1.54) is 47.4 Å². The van der Waals surface area contributed by atoms with Crippen molar-refractivity contribution in [3.63, 3.8) is 0 Å². The van der Waals surface area contributed by atoms with Gasteiger partial charge in [-0.3, -0.25) is 13.9 Å². The number of hydrogen-bond acceptors (Lipinski definition) is 6. The van der Waals surface area contributed by atoms with Crippen LogP contribution in [0.4, 0.5) is 10.1 Å². The number of carbonyl (C=O) groups excluding carboxylic acids is 2. The second-order valence-corrected chi connectivity index (χ2v) is 14.1. The van der Waals surface area contributed by atoms with E-state index in [1.807, 2.05) is 51.1 Å². The Bertz CT molecular complexity index is 1810. The molecule has 11 heteroatoms. The van der Waals surface area contributed by atoms with Crippen molar-refractivity contribution in [3.8, 4) is 11.5 Å². The molecule has 0 spiro atoms. The summed E-state index contributed by atoms with van der Waals surface area (Å²) in [5.41, 5.74) is 0.468. The van der Waals surface area contributed by atoms with Gasteiger partial charge in [0.15, 0.2) is 11.5 Å². The van der Waals surface area contributed by atoms with Crippen LogP contribution in [0.3, 0.4) is 0 Å². The number of halogens is 1. The fourth-order valence-electron chi connectivity index (χ4n) is 5.25. The maximum Gasteiger partial charge on any atom is 0.264 e. The molecule has 47 heavy (non-hydrogen) atoms. The van der Waals surface area contributed by atoms with Gasteiger partial charge in [-0.15, -0.1) is 0 Å². The van der Waals surface area contributed by atoms with Crippen molar-refractivity contribution in [2.75, 3.05) is 24.1 Å². The van der Waals surface area contributed by atoms with E-state index < -0.39 is 45.8 Å². The second-order valence-electron chi connectivity index (χ2n) is 12.2. The van der Waals surface area contributed by atoms with Crippen molar-refractivity contribution < 1.29 is 31.9 Å². The largest absolute Gasteiger partial charge is 0.486 e. The number of rotatable bonds is 11. The number of anilines is 1. The molecule has 1 aliphatic heterocycles. The van der Waals surface area contributed by atoms with Crippen molar-refractivity contribution in [1.82, 2.24) is 10.2 Å². The van der Waals surface area contributed by atoms with E-state index in [2.05, 4.69) is 5.32 Å². The van der Waals surface area contributed by atoms with E-state index in [4.69, 9.17) is 9.47 Å². The quantitative estimate of drug-likeness (QED) is 0.233. The number of benzene rings is 4. The minimum atomic E-state index is -4.31. The summed E-state index contributed by atoms with van der Waals surface area (Å²) in [5.74, 6) is -0.924. The first-order valence-electron chi connectivity index (χ1n) is 15.3. The number of amides is 2. The summed E-state index contributed by atoms with van der Waals surface area (Å²) in [4.78, 5) is 29.8. The lowest BCUT2D eigenvalue weighted by Gasteiger charge is -2.35. The molecule has 2 amide bonds. The van der Waals surface area contributed by atoms with Crippen molar-refractivity contribution >= 4 is 27.5 Å². The normalized spacial score (nSPS) is 13.4. The Kier molecular flexibility index (Phi) is 10.1. The van der Waals surface area contributed by atoms with E-state index >= 15 is 4.39 Å². The number of nitrogens with zero attached hydrogens (tertiary/aromatic N) is 2. The molecule has 4 aromatic carbocycles. The molecule has 0 fully saturated rings. The third-order valence-electron chi connectivity index (χ3n) is 7.49. The van der Waals surface area contributed by atoms with Crippen LogP contribution in [0, 0.1) is 5.82 Å². The van der Waals surface area contributed by atoms with Gasteiger partial charge in [0.05, 0.1) is 10.6 Å². The standard InChI is InChI=1S/C36H38FN3O6S/c1-36(2,3)38-35(42)31(22-26-12-6-4-7-13-26)39(24-27-14-10-11-17-30(27)37)34(41)25-40(47(43,44)29-15-8-5-9-16-29)28-18-19-32-33(23-28)46-21-20-45-32/h4-19,23,31H,20-22,24-25H2,1-3H3,(H,38,42)/t31-/m0/s1. The third-order valence-corrected chi connectivity index (χ3v) is 9.28. The van der Waals surface area contributed by atoms with Crippen molar-refractivity contribution in [2.24, 2.45) is 0 Å². The Morgan fingerprint density at radius 3 is 2.13 bits per heavy atom. The van der Waals surface area contributed by atoms with Crippen LogP contribution in [0.15, 0.2) is 108 Å². The number of carbonyl (C=O) groups is 2. The van der Waals surface area contributed by atoms with E-state index in [0.29, 0.717) is 18.1 Å². The summed E-state index contributed by atoms with van der Waals surface area (Å²) < 4.78 is 55.8. The molecule has 0 aliphatic carbocycles. The van der Waals surface area contributed by atoms with Crippen LogP contribution in [0.1, 0.15) is 31.9 Å². The molecule has 1 heterocycles. The van der Waals surface area contributed by atoms with Gasteiger partial charge in [0.1, 0.15) is 31.6 Å². The van der Waals surface area contributed by atoms with E-state index in [0.717, 1.165) is 9.87 Å². The van der Waals surface area contributed by atoms with Gasteiger partial charge < -0.3 is 19.7 Å². The van der Waals surface area contributed by atoms with Gasteiger partial charge in [-0.05, 0) is 56.7 Å². The fraction of sp³-hybridized carbons (Fsp3) is 0.278. The van der Waals surface area contributed by atoms with Crippen LogP contribution in [0.5, 0.6) is 11.5 Å². The topological polar surface area (TPSA) is 105 Å². The van der Waals surface area contributed by atoms with Crippen LogP contribution < -0.4 is 19.1 Å². The van der Waals surface area contributed by atoms with E-state index in [9.17, 15) is 18.0 Å². The first-order valence-corrected chi connectivity index (χ1v) is 16.7. The Balaban J connectivity index is 1.60. The van der Waals surface area contributed by atoms with Gasteiger partial charge in [-0.25, -0.2) is 12.8 Å². The first kappa shape index (κ1) is 33.5. The molecule has 4 aromatic rings. The maximum absolute atomic E-state index is 15.1. The van der Waals surface area contributed by atoms with Gasteiger partial charge in [-0.1, -0.05) is 66.7 Å². The van der Waals surface area contributed by atoms with Gasteiger partial charge in [-0.2, -0.15) is 0 Å². The minimum Gasteiger partial charge on any atom is -0.486 e.